The fourth-order valence-electron chi connectivity index (χ4n) is 5.20. The molecular weight excluding hydrogens is 522 g/mol. The van der Waals surface area contributed by atoms with Crippen molar-refractivity contribution in [3.05, 3.63) is 112 Å². The van der Waals surface area contributed by atoms with Crippen LogP contribution in [0.4, 0.5) is 0 Å². The van der Waals surface area contributed by atoms with Gasteiger partial charge in [-0.15, -0.1) is 0 Å². The maximum Gasteiger partial charge on any atom is 0.266 e. The highest BCUT2D eigenvalue weighted by atomic mass is 32.2. The van der Waals surface area contributed by atoms with Crippen LogP contribution in [0.5, 0.6) is 0 Å². The van der Waals surface area contributed by atoms with Gasteiger partial charge in [0.2, 0.25) is 10.0 Å². The Hall–Kier alpha value is -3.85. The van der Waals surface area contributed by atoms with Crippen LogP contribution < -0.4 is 5.56 Å². The van der Waals surface area contributed by atoms with Crippen LogP contribution in [0.3, 0.4) is 0 Å². The summed E-state index contributed by atoms with van der Waals surface area (Å²) in [6.45, 7) is 6.32. The van der Waals surface area contributed by atoms with Crippen LogP contribution >= 0.6 is 0 Å². The summed E-state index contributed by atoms with van der Waals surface area (Å²) in [6, 6.07) is 25.1. The van der Waals surface area contributed by atoms with E-state index in [2.05, 4.69) is 0 Å². The molecule has 0 aliphatic carbocycles. The van der Waals surface area contributed by atoms with Crippen molar-refractivity contribution >= 4 is 31.7 Å². The lowest BCUT2D eigenvalue weighted by Gasteiger charge is -2.30. The van der Waals surface area contributed by atoms with Gasteiger partial charge in [-0.2, -0.15) is 4.31 Å². The van der Waals surface area contributed by atoms with E-state index < -0.39 is 16.1 Å². The third-order valence-corrected chi connectivity index (χ3v) is 9.22. The van der Waals surface area contributed by atoms with Gasteiger partial charge in [0.15, 0.2) is 0 Å². The first-order valence-corrected chi connectivity index (χ1v) is 14.8. The van der Waals surface area contributed by atoms with Gasteiger partial charge < -0.3 is 4.74 Å². The van der Waals surface area contributed by atoms with Crippen molar-refractivity contribution in [3.63, 3.8) is 0 Å². The Bertz CT molecular complexity index is 1860. The molecule has 5 rings (SSSR count). The topological polar surface area (TPSA) is 81.5 Å². The van der Waals surface area contributed by atoms with Gasteiger partial charge in [0, 0.05) is 20.3 Å². The maximum atomic E-state index is 14.3. The van der Waals surface area contributed by atoms with Crippen molar-refractivity contribution in [2.45, 2.75) is 38.1 Å². The second-order valence-corrected chi connectivity index (χ2v) is 12.0. The minimum absolute atomic E-state index is 0.191. The maximum absolute atomic E-state index is 14.3. The zero-order chi connectivity index (χ0) is 28.4. The highest BCUT2D eigenvalue weighted by Crippen LogP contribution is 2.31. The van der Waals surface area contributed by atoms with Crippen LogP contribution in [0.25, 0.3) is 27.4 Å². The minimum atomic E-state index is -3.98. The van der Waals surface area contributed by atoms with Crippen molar-refractivity contribution in [3.8, 4) is 5.69 Å². The largest absolute Gasteiger partial charge is 0.385 e. The van der Waals surface area contributed by atoms with E-state index in [1.54, 1.807) is 42.9 Å². The molecule has 1 heterocycles. The van der Waals surface area contributed by atoms with E-state index in [0.29, 0.717) is 35.4 Å². The Balaban J connectivity index is 1.72. The third-order valence-electron chi connectivity index (χ3n) is 7.25. The van der Waals surface area contributed by atoms with Gasteiger partial charge in [-0.25, -0.2) is 13.4 Å². The molecule has 1 unspecified atom stereocenters. The molecule has 0 spiro atoms. The van der Waals surface area contributed by atoms with Gasteiger partial charge >= 0.3 is 0 Å². The first-order chi connectivity index (χ1) is 19.2. The average Bonchev–Trinajstić information content (AvgIpc) is 2.95. The van der Waals surface area contributed by atoms with E-state index in [4.69, 9.17) is 9.72 Å². The summed E-state index contributed by atoms with van der Waals surface area (Å²) in [5.41, 5.74) is 2.93. The molecule has 7 nitrogen and oxygen atoms in total. The molecule has 0 fully saturated rings. The number of methoxy groups -OCH3 is 1. The van der Waals surface area contributed by atoms with Gasteiger partial charge in [-0.3, -0.25) is 9.36 Å². The number of hydrogen-bond donors (Lipinski definition) is 0. The lowest BCUT2D eigenvalue weighted by Crippen LogP contribution is -2.38. The lowest BCUT2D eigenvalue weighted by molar-refractivity contribution is 0.182. The Morgan fingerprint density at radius 2 is 1.65 bits per heavy atom. The first kappa shape index (κ1) is 27.7. The lowest BCUT2D eigenvalue weighted by atomic mass is 10.1. The molecule has 5 aromatic rings. The second-order valence-electron chi connectivity index (χ2n) is 10.1. The predicted molar refractivity (Wildman–Crippen MR) is 160 cm³/mol. The van der Waals surface area contributed by atoms with Crippen LogP contribution in [-0.4, -0.2) is 42.5 Å². The van der Waals surface area contributed by atoms with E-state index in [-0.39, 0.29) is 17.0 Å². The highest BCUT2D eigenvalue weighted by molar-refractivity contribution is 7.89. The van der Waals surface area contributed by atoms with Gasteiger partial charge in [0.1, 0.15) is 5.82 Å². The number of ether oxygens (including phenoxy) is 1. The van der Waals surface area contributed by atoms with Crippen LogP contribution in [0.2, 0.25) is 0 Å². The zero-order valence-corrected chi connectivity index (χ0v) is 24.0. The Morgan fingerprint density at radius 1 is 0.925 bits per heavy atom. The van der Waals surface area contributed by atoms with Gasteiger partial charge in [-0.05, 0) is 73.9 Å². The fourth-order valence-corrected chi connectivity index (χ4v) is 6.86. The quantitative estimate of drug-likeness (QED) is 0.210. The molecule has 0 radical (unpaired) electrons. The number of nitrogens with zero attached hydrogens (tertiary/aromatic N) is 3. The van der Waals surface area contributed by atoms with Gasteiger partial charge in [-0.1, -0.05) is 60.2 Å². The molecule has 40 heavy (non-hydrogen) atoms. The van der Waals surface area contributed by atoms with Crippen LogP contribution in [0.1, 0.15) is 36.3 Å². The average molecular weight is 556 g/mol. The van der Waals surface area contributed by atoms with Gasteiger partial charge in [0.25, 0.3) is 5.56 Å². The molecule has 0 aliphatic rings. The third kappa shape index (κ3) is 5.18. The Labute approximate surface area is 234 Å². The minimum Gasteiger partial charge on any atom is -0.385 e. The van der Waals surface area contributed by atoms with E-state index >= 15 is 0 Å². The summed E-state index contributed by atoms with van der Waals surface area (Å²) in [5.74, 6) is 0.359. The molecule has 1 atom stereocenters. The number of para-hydroxylation sites is 1. The van der Waals surface area contributed by atoms with Crippen molar-refractivity contribution in [1.29, 1.82) is 0 Å². The Kier molecular flexibility index (Phi) is 7.85. The molecule has 1 aromatic heterocycles. The van der Waals surface area contributed by atoms with E-state index in [0.717, 1.165) is 21.9 Å². The fraction of sp³-hybridized carbons (Fsp3) is 0.250. The number of aryl methyl sites for hydroxylation is 2. The van der Waals surface area contributed by atoms with Crippen molar-refractivity contribution in [2.24, 2.45) is 0 Å². The normalized spacial score (nSPS) is 12.8. The molecule has 0 amide bonds. The smallest absolute Gasteiger partial charge is 0.266 e. The number of sulfonamides is 1. The molecule has 0 N–H and O–H groups in total. The van der Waals surface area contributed by atoms with Crippen LogP contribution in [0.15, 0.2) is 94.6 Å². The first-order valence-electron chi connectivity index (χ1n) is 13.3. The number of hydrogen-bond acceptors (Lipinski definition) is 5. The molecule has 0 bridgehead atoms. The number of benzene rings is 4. The summed E-state index contributed by atoms with van der Waals surface area (Å²) in [7, 11) is -2.39. The standard InChI is InChI=1S/C32H33N3O4S/c1-22-14-17-30(23(2)20-22)35-31(33-29-13-8-7-12-28(29)32(35)36)24(3)34(18-9-19-39-4)40(37,38)27-16-15-25-10-5-6-11-26(25)21-27/h5-8,10-17,20-21,24H,9,18-19H2,1-4H3. The predicted octanol–water partition coefficient (Wildman–Crippen LogP) is 5.94. The monoisotopic (exact) mass is 555 g/mol. The molecule has 206 valence electrons. The van der Waals surface area contributed by atoms with Crippen molar-refractivity contribution < 1.29 is 13.2 Å². The molecule has 0 saturated heterocycles. The Morgan fingerprint density at radius 3 is 2.40 bits per heavy atom. The second kappa shape index (κ2) is 11.3. The summed E-state index contributed by atoms with van der Waals surface area (Å²) in [6.07, 6.45) is 0.481. The summed E-state index contributed by atoms with van der Waals surface area (Å²) >= 11 is 0. The summed E-state index contributed by atoms with van der Waals surface area (Å²) in [4.78, 5) is 19.1. The molecular formula is C32H33N3O4S. The summed E-state index contributed by atoms with van der Waals surface area (Å²) in [5, 5.41) is 2.27. The highest BCUT2D eigenvalue weighted by Gasteiger charge is 2.33. The summed E-state index contributed by atoms with van der Waals surface area (Å²) < 4.78 is 36.8. The number of aromatic nitrogens is 2. The number of fused-ring (bicyclic) bond motifs is 2. The van der Waals surface area contributed by atoms with Gasteiger partial charge in [0.05, 0.1) is 27.5 Å². The zero-order valence-electron chi connectivity index (χ0n) is 23.2. The number of rotatable bonds is 9. The molecule has 4 aromatic carbocycles. The van der Waals surface area contributed by atoms with Crippen LogP contribution in [0, 0.1) is 13.8 Å². The van der Waals surface area contributed by atoms with E-state index in [1.165, 1.54) is 4.31 Å². The van der Waals surface area contributed by atoms with Crippen molar-refractivity contribution in [2.75, 3.05) is 20.3 Å². The molecule has 0 saturated carbocycles. The van der Waals surface area contributed by atoms with E-state index in [9.17, 15) is 13.2 Å². The van der Waals surface area contributed by atoms with Crippen molar-refractivity contribution in [1.82, 2.24) is 13.9 Å². The van der Waals surface area contributed by atoms with E-state index in [1.807, 2.05) is 74.5 Å². The molecule has 0 aliphatic heterocycles. The SMILES string of the molecule is COCCCN(C(C)c1nc2ccccc2c(=O)n1-c1ccc(C)cc1C)S(=O)(=O)c1ccc2ccccc2c1. The van der Waals surface area contributed by atoms with Crippen LogP contribution in [-0.2, 0) is 14.8 Å². The molecule has 8 heteroatoms.